The first-order valence-corrected chi connectivity index (χ1v) is 15.5. The van der Waals surface area contributed by atoms with Crippen LogP contribution in [0.1, 0.15) is 23.7 Å². The van der Waals surface area contributed by atoms with Gasteiger partial charge in [-0.1, -0.05) is 73.7 Å². The molecule has 3 amide bonds. The topological polar surface area (TPSA) is 101 Å². The van der Waals surface area contributed by atoms with Crippen LogP contribution in [0.15, 0.2) is 108 Å². The van der Waals surface area contributed by atoms with Crippen LogP contribution in [-0.2, 0) is 16.0 Å². The van der Waals surface area contributed by atoms with Gasteiger partial charge < -0.3 is 27.2 Å². The van der Waals surface area contributed by atoms with Crippen molar-refractivity contribution < 1.29 is 40.8 Å². The van der Waals surface area contributed by atoms with E-state index in [1.807, 2.05) is 89.6 Å². The molecular formula is C35H34BrClN4O5. The highest BCUT2D eigenvalue weighted by Crippen LogP contribution is 2.24. The molecule has 0 radical (unpaired) electrons. The number of hydrogen-bond acceptors (Lipinski definition) is 5. The van der Waals surface area contributed by atoms with E-state index in [0.29, 0.717) is 16.9 Å². The van der Waals surface area contributed by atoms with E-state index in [-0.39, 0.29) is 44.6 Å². The van der Waals surface area contributed by atoms with E-state index in [9.17, 15) is 14.4 Å². The largest absolute Gasteiger partial charge is 1.00 e. The van der Waals surface area contributed by atoms with Crippen molar-refractivity contribution >= 4 is 66.9 Å². The second kappa shape index (κ2) is 16.6. The second-order valence-electron chi connectivity index (χ2n) is 10.3. The van der Waals surface area contributed by atoms with Crippen LogP contribution in [0.25, 0.3) is 21.5 Å². The third kappa shape index (κ3) is 8.95. The van der Waals surface area contributed by atoms with Gasteiger partial charge in [0, 0.05) is 17.5 Å². The van der Waals surface area contributed by atoms with Gasteiger partial charge in [0.25, 0.3) is 5.91 Å². The van der Waals surface area contributed by atoms with Gasteiger partial charge >= 0.3 is 12.2 Å². The van der Waals surface area contributed by atoms with Crippen LogP contribution < -0.4 is 32.5 Å². The molecule has 9 nitrogen and oxygen atoms in total. The summed E-state index contributed by atoms with van der Waals surface area (Å²) in [6.07, 6.45) is 3.38. The van der Waals surface area contributed by atoms with Crippen LogP contribution >= 0.6 is 15.9 Å². The van der Waals surface area contributed by atoms with E-state index in [2.05, 4.69) is 33.5 Å². The van der Waals surface area contributed by atoms with Gasteiger partial charge in [-0.15, -0.1) is 0 Å². The Bertz CT molecular complexity index is 1830. The molecule has 0 atom stereocenters. The number of fused-ring (bicyclic) bond motifs is 2. The fourth-order valence-corrected chi connectivity index (χ4v) is 5.48. The number of pyridine rings is 1. The first kappa shape index (κ1) is 34.2. The van der Waals surface area contributed by atoms with E-state index in [4.69, 9.17) is 9.47 Å². The molecule has 5 aromatic rings. The van der Waals surface area contributed by atoms with E-state index in [0.717, 1.165) is 39.0 Å². The monoisotopic (exact) mass is 704 g/mol. The molecule has 0 aliphatic heterocycles. The Kier molecular flexibility index (Phi) is 12.3. The predicted molar refractivity (Wildman–Crippen MR) is 179 cm³/mol. The summed E-state index contributed by atoms with van der Waals surface area (Å²) in [6, 6.07) is 28.5. The van der Waals surface area contributed by atoms with Crippen LogP contribution in [0.5, 0.6) is 0 Å². The Morgan fingerprint density at radius 1 is 0.826 bits per heavy atom. The fraction of sp³-hybridized carbons (Fsp3) is 0.200. The normalized spacial score (nSPS) is 10.6. The van der Waals surface area contributed by atoms with Crippen LogP contribution in [-0.4, -0.2) is 44.4 Å². The van der Waals surface area contributed by atoms with Crippen molar-refractivity contribution in [1.29, 1.82) is 0 Å². The Morgan fingerprint density at radius 3 is 2.37 bits per heavy atom. The van der Waals surface area contributed by atoms with Crippen LogP contribution in [0, 0.1) is 0 Å². The third-order valence-corrected chi connectivity index (χ3v) is 7.52. The van der Waals surface area contributed by atoms with Crippen molar-refractivity contribution in [1.82, 2.24) is 5.32 Å². The number of carbonyl (C=O) groups excluding carboxylic acids is 3. The minimum Gasteiger partial charge on any atom is -1.00 e. The molecule has 0 spiro atoms. The highest BCUT2D eigenvalue weighted by atomic mass is 79.9. The van der Waals surface area contributed by atoms with E-state index >= 15 is 0 Å². The van der Waals surface area contributed by atoms with Crippen LogP contribution in [0.3, 0.4) is 0 Å². The van der Waals surface area contributed by atoms with Gasteiger partial charge in [-0.25, -0.2) is 14.2 Å². The predicted octanol–water partition coefficient (Wildman–Crippen LogP) is 4.08. The summed E-state index contributed by atoms with van der Waals surface area (Å²) in [6.45, 7) is 2.92. The van der Waals surface area contributed by atoms with Gasteiger partial charge in [-0.2, -0.15) is 0 Å². The molecule has 0 bridgehead atoms. The highest BCUT2D eigenvalue weighted by Gasteiger charge is 2.19. The molecule has 4 aromatic carbocycles. The number of hydrogen-bond donors (Lipinski definition) is 2. The molecule has 0 aliphatic rings. The van der Waals surface area contributed by atoms with Gasteiger partial charge in [0.2, 0.25) is 0 Å². The number of amides is 3. The van der Waals surface area contributed by atoms with E-state index < -0.39 is 12.2 Å². The molecule has 1 aromatic heterocycles. The lowest BCUT2D eigenvalue weighted by molar-refractivity contribution is -0.697. The lowest BCUT2D eigenvalue weighted by Crippen LogP contribution is -3.00. The Hall–Kier alpha value is -4.67. The summed E-state index contributed by atoms with van der Waals surface area (Å²) in [4.78, 5) is 40.1. The maximum absolute atomic E-state index is 13.3. The van der Waals surface area contributed by atoms with Crippen LogP contribution in [0.2, 0.25) is 0 Å². The summed E-state index contributed by atoms with van der Waals surface area (Å²) in [5.41, 5.74) is 1.73. The number of aryl methyl sites for hydroxylation is 1. The quantitative estimate of drug-likeness (QED) is 0.160. The molecule has 0 unspecified atom stereocenters. The maximum Gasteiger partial charge on any atom is 0.414 e. The number of rotatable bonds is 11. The molecule has 238 valence electrons. The summed E-state index contributed by atoms with van der Waals surface area (Å²) in [5.74, 6) is -0.269. The summed E-state index contributed by atoms with van der Waals surface area (Å²) in [5, 5.41) is 9.45. The number of ether oxygens (including phenoxy) is 2. The van der Waals surface area contributed by atoms with Gasteiger partial charge in [0.15, 0.2) is 12.4 Å². The molecule has 0 saturated carbocycles. The second-order valence-corrected chi connectivity index (χ2v) is 11.2. The average Bonchev–Trinajstić information content (AvgIpc) is 3.05. The van der Waals surface area contributed by atoms with Crippen molar-refractivity contribution in [2.75, 3.05) is 36.5 Å². The number of anilines is 2. The van der Waals surface area contributed by atoms with Gasteiger partial charge in [0.1, 0.15) is 25.3 Å². The molecule has 0 saturated heterocycles. The third-order valence-electron chi connectivity index (χ3n) is 7.08. The van der Waals surface area contributed by atoms with E-state index in [1.165, 1.54) is 4.90 Å². The molecule has 5 rings (SSSR count). The van der Waals surface area contributed by atoms with Crippen LogP contribution in [0.4, 0.5) is 21.0 Å². The molecule has 0 aliphatic carbocycles. The zero-order chi connectivity index (χ0) is 31.6. The van der Waals surface area contributed by atoms with Gasteiger partial charge in [-0.3, -0.25) is 15.0 Å². The van der Waals surface area contributed by atoms with Crippen molar-refractivity contribution in [2.45, 2.75) is 19.9 Å². The number of aromatic nitrogens is 1. The lowest BCUT2D eigenvalue weighted by Gasteiger charge is -2.23. The number of nitrogens with zero attached hydrogens (tertiary/aromatic N) is 2. The molecular weight excluding hydrogens is 672 g/mol. The summed E-state index contributed by atoms with van der Waals surface area (Å²) in [7, 11) is 0. The van der Waals surface area contributed by atoms with Crippen molar-refractivity contribution in [3.63, 3.8) is 0 Å². The first-order valence-electron chi connectivity index (χ1n) is 14.7. The number of halogens is 2. The minimum absolute atomic E-state index is 0. The fourth-order valence-electron chi connectivity index (χ4n) is 4.97. The Balaban J connectivity index is 0.00000480. The Morgan fingerprint density at radius 2 is 1.57 bits per heavy atom. The molecule has 11 heteroatoms. The standard InChI is InChI=1S/C35H33BrN4O5.ClH/c1-2-17-39-23-28(21-29(36)24-39)33(41)37-16-19-45-35(43)40(30-15-14-25-8-3-4-10-27(25)22-30)18-20-44-34(42)38-32-13-7-11-26-9-5-6-12-31(26)32;/h3-15,21-24H,2,16-20H2,1H3,(H-,37,38,41,42);1H. The lowest BCUT2D eigenvalue weighted by atomic mass is 10.1. The summed E-state index contributed by atoms with van der Waals surface area (Å²) < 4.78 is 13.8. The zero-order valence-corrected chi connectivity index (χ0v) is 27.6. The van der Waals surface area contributed by atoms with Gasteiger partial charge in [-0.05, 0) is 56.4 Å². The maximum atomic E-state index is 13.3. The smallest absolute Gasteiger partial charge is 0.414 e. The SMILES string of the molecule is CCC[n+]1cc(Br)cc(C(=O)NCCOC(=O)N(CCOC(=O)Nc2cccc3ccccc23)c2ccc3ccccc3c2)c1.[Cl-]. The molecule has 2 N–H and O–H groups in total. The molecule has 0 fully saturated rings. The number of nitrogens with one attached hydrogen (secondary N) is 2. The molecule has 1 heterocycles. The number of benzene rings is 4. The van der Waals surface area contributed by atoms with Gasteiger partial charge in [0.05, 0.1) is 23.2 Å². The average molecular weight is 706 g/mol. The number of carbonyl (C=O) groups is 3. The first-order chi connectivity index (χ1) is 21.9. The van der Waals surface area contributed by atoms with Crippen molar-refractivity contribution in [3.8, 4) is 0 Å². The molecule has 46 heavy (non-hydrogen) atoms. The summed E-state index contributed by atoms with van der Waals surface area (Å²) >= 11 is 3.45. The Labute approximate surface area is 282 Å². The highest BCUT2D eigenvalue weighted by molar-refractivity contribution is 9.10. The minimum atomic E-state index is -0.631. The van der Waals surface area contributed by atoms with Crippen molar-refractivity contribution in [2.24, 2.45) is 0 Å². The zero-order valence-electron chi connectivity index (χ0n) is 25.2. The van der Waals surface area contributed by atoms with E-state index in [1.54, 1.807) is 18.3 Å². The van der Waals surface area contributed by atoms with Crippen molar-refractivity contribution in [3.05, 3.63) is 113 Å².